The van der Waals surface area contributed by atoms with Gasteiger partial charge in [0.2, 0.25) is 5.91 Å². The van der Waals surface area contributed by atoms with E-state index < -0.39 is 11.9 Å². The highest BCUT2D eigenvalue weighted by atomic mass is 35.5. The zero-order chi connectivity index (χ0) is 13.0. The second-order valence-corrected chi connectivity index (χ2v) is 4.05. The van der Waals surface area contributed by atoms with Crippen molar-refractivity contribution in [2.24, 2.45) is 5.73 Å². The molecule has 0 aliphatic rings. The quantitative estimate of drug-likeness (QED) is 0.809. The first kappa shape index (κ1) is 13.5. The van der Waals surface area contributed by atoms with Crippen molar-refractivity contribution in [1.29, 1.82) is 0 Å². The van der Waals surface area contributed by atoms with Crippen LogP contribution < -0.4 is 16.6 Å². The van der Waals surface area contributed by atoms with E-state index in [-0.39, 0.29) is 10.6 Å². The summed E-state index contributed by atoms with van der Waals surface area (Å²) >= 11 is 5.89. The fourth-order valence-corrected chi connectivity index (χ4v) is 1.44. The molecule has 0 radical (unpaired) electrons. The Morgan fingerprint density at radius 2 is 2.35 bits per heavy atom. The Hall–Kier alpha value is -1.56. The third-order valence-corrected chi connectivity index (χ3v) is 2.58. The molecule has 0 saturated heterocycles. The van der Waals surface area contributed by atoms with Gasteiger partial charge in [-0.25, -0.2) is 4.68 Å². The lowest BCUT2D eigenvalue weighted by molar-refractivity contribution is -0.118. The molecule has 0 spiro atoms. The van der Waals surface area contributed by atoms with Gasteiger partial charge in [0.15, 0.2) is 0 Å². The second kappa shape index (κ2) is 5.67. The van der Waals surface area contributed by atoms with Gasteiger partial charge in [-0.3, -0.25) is 9.59 Å². The number of hydrogen-bond acceptors (Lipinski definition) is 4. The Balaban J connectivity index is 3.00. The van der Waals surface area contributed by atoms with E-state index in [0.29, 0.717) is 12.2 Å². The van der Waals surface area contributed by atoms with Crippen molar-refractivity contribution in [3.63, 3.8) is 0 Å². The summed E-state index contributed by atoms with van der Waals surface area (Å²) < 4.78 is 1.28. The van der Waals surface area contributed by atoms with Gasteiger partial charge in [-0.1, -0.05) is 18.5 Å². The molecular weight excluding hydrogens is 244 g/mol. The molecule has 0 bridgehead atoms. The van der Waals surface area contributed by atoms with Gasteiger partial charge in [0.25, 0.3) is 5.56 Å². The van der Waals surface area contributed by atoms with Crippen LogP contribution in [0.5, 0.6) is 0 Å². The molecule has 0 saturated carbocycles. The van der Waals surface area contributed by atoms with E-state index in [1.54, 1.807) is 6.92 Å². The maximum atomic E-state index is 11.7. The molecule has 7 heteroatoms. The normalized spacial score (nSPS) is 12.2. The lowest BCUT2D eigenvalue weighted by Crippen LogP contribution is -2.33. The van der Waals surface area contributed by atoms with Crippen LogP contribution in [-0.2, 0) is 11.3 Å². The summed E-state index contributed by atoms with van der Waals surface area (Å²) in [5.41, 5.74) is 5.04. The van der Waals surface area contributed by atoms with Crippen molar-refractivity contribution in [2.45, 2.75) is 32.9 Å². The standard InChI is InChI=1S/C10H15ClN4O2/c1-3-4-15-10(17)8(11)7(5-13-15)14-6(2)9(12)16/h5-6,14H,3-4H2,1-2H3,(H2,12,16). The first-order valence-electron chi connectivity index (χ1n) is 5.28. The maximum Gasteiger partial charge on any atom is 0.287 e. The van der Waals surface area contributed by atoms with Crippen molar-refractivity contribution in [2.75, 3.05) is 5.32 Å². The highest BCUT2D eigenvalue weighted by molar-refractivity contribution is 6.33. The van der Waals surface area contributed by atoms with Gasteiger partial charge in [0.05, 0.1) is 11.9 Å². The van der Waals surface area contributed by atoms with Crippen molar-refractivity contribution in [3.8, 4) is 0 Å². The molecule has 1 atom stereocenters. The van der Waals surface area contributed by atoms with Crippen molar-refractivity contribution >= 4 is 23.2 Å². The first-order chi connectivity index (χ1) is 7.97. The lowest BCUT2D eigenvalue weighted by atomic mass is 10.3. The van der Waals surface area contributed by atoms with Crippen molar-refractivity contribution < 1.29 is 4.79 Å². The van der Waals surface area contributed by atoms with Gasteiger partial charge in [0, 0.05) is 6.54 Å². The Bertz CT molecular complexity index is 472. The number of carbonyl (C=O) groups excluding carboxylic acids is 1. The summed E-state index contributed by atoms with van der Waals surface area (Å²) in [6.07, 6.45) is 2.20. The van der Waals surface area contributed by atoms with Gasteiger partial charge in [0.1, 0.15) is 11.1 Å². The van der Waals surface area contributed by atoms with E-state index in [1.165, 1.54) is 10.9 Å². The number of aryl methyl sites for hydroxylation is 1. The monoisotopic (exact) mass is 258 g/mol. The molecule has 1 aromatic heterocycles. The highest BCUT2D eigenvalue weighted by Crippen LogP contribution is 2.16. The number of amides is 1. The molecule has 0 fully saturated rings. The number of nitrogens with zero attached hydrogens (tertiary/aromatic N) is 2. The largest absolute Gasteiger partial charge is 0.371 e. The van der Waals surface area contributed by atoms with E-state index in [2.05, 4.69) is 10.4 Å². The van der Waals surface area contributed by atoms with Crippen LogP contribution in [0.2, 0.25) is 5.02 Å². The molecular formula is C10H15ClN4O2. The van der Waals surface area contributed by atoms with Crippen molar-refractivity contribution in [3.05, 3.63) is 21.6 Å². The van der Waals surface area contributed by atoms with Gasteiger partial charge >= 0.3 is 0 Å². The Morgan fingerprint density at radius 1 is 1.71 bits per heavy atom. The first-order valence-corrected chi connectivity index (χ1v) is 5.66. The zero-order valence-corrected chi connectivity index (χ0v) is 10.5. The summed E-state index contributed by atoms with van der Waals surface area (Å²) in [4.78, 5) is 22.6. The molecule has 17 heavy (non-hydrogen) atoms. The smallest absolute Gasteiger partial charge is 0.287 e. The molecule has 94 valence electrons. The zero-order valence-electron chi connectivity index (χ0n) is 9.74. The number of nitrogens with one attached hydrogen (secondary N) is 1. The molecule has 6 nitrogen and oxygen atoms in total. The number of hydrogen-bond donors (Lipinski definition) is 2. The number of halogens is 1. The third kappa shape index (κ3) is 3.20. The molecule has 0 aliphatic heterocycles. The summed E-state index contributed by atoms with van der Waals surface area (Å²) in [6.45, 7) is 4.02. The number of anilines is 1. The molecule has 1 amide bonds. The molecule has 1 heterocycles. The summed E-state index contributed by atoms with van der Waals surface area (Å²) in [7, 11) is 0. The molecule has 1 rings (SSSR count). The molecule has 1 unspecified atom stereocenters. The molecule has 3 N–H and O–H groups in total. The Morgan fingerprint density at radius 3 is 2.88 bits per heavy atom. The van der Waals surface area contributed by atoms with E-state index in [1.807, 2.05) is 6.92 Å². The fourth-order valence-electron chi connectivity index (χ4n) is 1.24. The minimum absolute atomic E-state index is 0.0153. The van der Waals surface area contributed by atoms with Crippen LogP contribution in [0.3, 0.4) is 0 Å². The predicted molar refractivity (Wildman–Crippen MR) is 66.1 cm³/mol. The topological polar surface area (TPSA) is 90.0 Å². The number of carbonyl (C=O) groups is 1. The van der Waals surface area contributed by atoms with Crippen LogP contribution >= 0.6 is 11.6 Å². The van der Waals surface area contributed by atoms with Gasteiger partial charge in [-0.2, -0.15) is 5.10 Å². The maximum absolute atomic E-state index is 11.7. The lowest BCUT2D eigenvalue weighted by Gasteiger charge is -2.13. The van der Waals surface area contributed by atoms with E-state index in [9.17, 15) is 9.59 Å². The van der Waals surface area contributed by atoms with Gasteiger partial charge in [-0.05, 0) is 13.3 Å². The second-order valence-electron chi connectivity index (χ2n) is 3.67. The number of primary amides is 1. The van der Waals surface area contributed by atoms with Crippen LogP contribution in [-0.4, -0.2) is 21.7 Å². The average molecular weight is 259 g/mol. The average Bonchev–Trinajstić information content (AvgIpc) is 2.28. The number of nitrogens with two attached hydrogens (primary N) is 1. The minimum atomic E-state index is -0.615. The van der Waals surface area contributed by atoms with E-state index in [0.717, 1.165) is 6.42 Å². The van der Waals surface area contributed by atoms with E-state index >= 15 is 0 Å². The molecule has 1 aromatic rings. The minimum Gasteiger partial charge on any atom is -0.371 e. The van der Waals surface area contributed by atoms with E-state index in [4.69, 9.17) is 17.3 Å². The predicted octanol–water partition coefficient (Wildman–Crippen LogP) is 0.592. The van der Waals surface area contributed by atoms with Crippen LogP contribution in [0.25, 0.3) is 0 Å². The van der Waals surface area contributed by atoms with Crippen molar-refractivity contribution in [1.82, 2.24) is 9.78 Å². The molecule has 0 aliphatic carbocycles. The Kier molecular flexibility index (Phi) is 4.51. The number of aromatic nitrogens is 2. The summed E-state index contributed by atoms with van der Waals surface area (Å²) in [6, 6.07) is -0.615. The van der Waals surface area contributed by atoms with Crippen LogP contribution in [0.1, 0.15) is 20.3 Å². The summed E-state index contributed by atoms with van der Waals surface area (Å²) in [5, 5.41) is 6.70. The number of rotatable bonds is 5. The van der Waals surface area contributed by atoms with Crippen LogP contribution in [0.4, 0.5) is 5.69 Å². The van der Waals surface area contributed by atoms with Gasteiger partial charge in [-0.15, -0.1) is 0 Å². The molecule has 0 aromatic carbocycles. The third-order valence-electron chi connectivity index (χ3n) is 2.22. The Labute approximate surface area is 104 Å². The fraction of sp³-hybridized carbons (Fsp3) is 0.500. The highest BCUT2D eigenvalue weighted by Gasteiger charge is 2.13. The van der Waals surface area contributed by atoms with Crippen LogP contribution in [0, 0.1) is 0 Å². The van der Waals surface area contributed by atoms with Crippen LogP contribution in [0.15, 0.2) is 11.0 Å². The SMILES string of the molecule is CCCn1ncc(NC(C)C(N)=O)c(Cl)c1=O. The summed E-state index contributed by atoms with van der Waals surface area (Å²) in [5.74, 6) is -0.529. The van der Waals surface area contributed by atoms with Gasteiger partial charge < -0.3 is 11.1 Å².